The van der Waals surface area contributed by atoms with Crippen LogP contribution in [0.15, 0.2) is 36.4 Å². The van der Waals surface area contributed by atoms with Crippen molar-refractivity contribution in [3.8, 4) is 22.6 Å². The second-order valence-electron chi connectivity index (χ2n) is 4.09. The summed E-state index contributed by atoms with van der Waals surface area (Å²) in [4.78, 5) is 0. The molecule has 0 aliphatic rings. The summed E-state index contributed by atoms with van der Waals surface area (Å²) in [5.41, 5.74) is 8.06. The summed E-state index contributed by atoms with van der Waals surface area (Å²) in [6, 6.07) is 10.0. The Balaban J connectivity index is 2.66. The number of benzene rings is 2. The van der Waals surface area contributed by atoms with Gasteiger partial charge in [0.1, 0.15) is 5.82 Å². The van der Waals surface area contributed by atoms with Gasteiger partial charge in [-0.2, -0.15) is 0 Å². The molecule has 0 heterocycles. The molecule has 0 saturated carbocycles. The Morgan fingerprint density at radius 3 is 2.47 bits per heavy atom. The van der Waals surface area contributed by atoms with Gasteiger partial charge in [-0.1, -0.05) is 12.1 Å². The predicted molar refractivity (Wildman–Crippen MR) is 72.8 cm³/mol. The number of hydrogen-bond acceptors (Lipinski definition) is 3. The van der Waals surface area contributed by atoms with E-state index in [1.807, 2.05) is 18.2 Å². The van der Waals surface area contributed by atoms with E-state index in [2.05, 4.69) is 0 Å². The van der Waals surface area contributed by atoms with Crippen molar-refractivity contribution in [1.29, 1.82) is 0 Å². The van der Waals surface area contributed by atoms with Crippen LogP contribution in [-0.4, -0.2) is 14.2 Å². The molecule has 3 nitrogen and oxygen atoms in total. The Kier molecular flexibility index (Phi) is 4.02. The first-order valence-corrected chi connectivity index (χ1v) is 5.90. The molecule has 0 saturated heterocycles. The summed E-state index contributed by atoms with van der Waals surface area (Å²) >= 11 is 0. The topological polar surface area (TPSA) is 44.5 Å². The zero-order valence-corrected chi connectivity index (χ0v) is 10.9. The highest BCUT2D eigenvalue weighted by Crippen LogP contribution is 2.39. The molecule has 0 atom stereocenters. The molecule has 100 valence electrons. The number of halogens is 1. The number of nitrogens with two attached hydrogens (primary N) is 1. The van der Waals surface area contributed by atoms with Crippen LogP contribution in [0.3, 0.4) is 0 Å². The van der Waals surface area contributed by atoms with Crippen LogP contribution < -0.4 is 15.2 Å². The van der Waals surface area contributed by atoms with Crippen LogP contribution in [0.4, 0.5) is 4.39 Å². The molecule has 2 N–H and O–H groups in total. The molecule has 0 aromatic heterocycles. The lowest BCUT2D eigenvalue weighted by molar-refractivity contribution is 0.355. The normalized spacial score (nSPS) is 10.3. The number of ether oxygens (including phenoxy) is 2. The summed E-state index contributed by atoms with van der Waals surface area (Å²) in [5, 5.41) is 0. The van der Waals surface area contributed by atoms with Gasteiger partial charge in [0.15, 0.2) is 11.5 Å². The molecular weight excluding hydrogens is 245 g/mol. The average molecular weight is 261 g/mol. The highest BCUT2D eigenvalue weighted by atomic mass is 19.1. The minimum absolute atomic E-state index is 0.295. The summed E-state index contributed by atoms with van der Waals surface area (Å²) in [6.45, 7) is 0.378. The largest absolute Gasteiger partial charge is 0.493 e. The maximum Gasteiger partial charge on any atom is 0.168 e. The third kappa shape index (κ3) is 2.69. The zero-order chi connectivity index (χ0) is 13.8. The standard InChI is InChI=1S/C15H16FNO2/c1-18-14-7-10(9-17)6-13(15(14)19-2)11-4-3-5-12(16)8-11/h3-8H,9,17H2,1-2H3. The number of hydrogen-bond donors (Lipinski definition) is 1. The predicted octanol–water partition coefficient (Wildman–Crippen LogP) is 2.97. The molecule has 2 aromatic carbocycles. The van der Waals surface area contributed by atoms with E-state index < -0.39 is 0 Å². The van der Waals surface area contributed by atoms with E-state index in [1.165, 1.54) is 12.1 Å². The molecule has 0 amide bonds. The highest BCUT2D eigenvalue weighted by molar-refractivity contribution is 5.74. The van der Waals surface area contributed by atoms with E-state index in [-0.39, 0.29) is 5.82 Å². The van der Waals surface area contributed by atoms with Gasteiger partial charge in [-0.15, -0.1) is 0 Å². The molecule has 0 radical (unpaired) electrons. The molecule has 19 heavy (non-hydrogen) atoms. The van der Waals surface area contributed by atoms with Gasteiger partial charge in [0.05, 0.1) is 14.2 Å². The maximum absolute atomic E-state index is 13.4. The van der Waals surface area contributed by atoms with Crippen molar-refractivity contribution in [2.75, 3.05) is 14.2 Å². The molecule has 0 bridgehead atoms. The lowest BCUT2D eigenvalue weighted by Crippen LogP contribution is -2.00. The maximum atomic E-state index is 13.4. The molecule has 0 unspecified atom stereocenters. The van der Waals surface area contributed by atoms with Crippen LogP contribution in [0.5, 0.6) is 11.5 Å². The van der Waals surface area contributed by atoms with Gasteiger partial charge >= 0.3 is 0 Å². The van der Waals surface area contributed by atoms with Crippen LogP contribution >= 0.6 is 0 Å². The summed E-state index contributed by atoms with van der Waals surface area (Å²) in [7, 11) is 3.12. The van der Waals surface area contributed by atoms with Crippen molar-refractivity contribution >= 4 is 0 Å². The van der Waals surface area contributed by atoms with Crippen LogP contribution in [0.1, 0.15) is 5.56 Å². The Hall–Kier alpha value is -2.07. The Morgan fingerprint density at radius 1 is 1.11 bits per heavy atom. The van der Waals surface area contributed by atoms with Crippen molar-refractivity contribution in [2.24, 2.45) is 5.73 Å². The first-order chi connectivity index (χ1) is 9.19. The lowest BCUT2D eigenvalue weighted by atomic mass is 10.0. The lowest BCUT2D eigenvalue weighted by Gasteiger charge is -2.15. The minimum atomic E-state index is -0.295. The average Bonchev–Trinajstić information content (AvgIpc) is 2.45. The molecule has 0 spiro atoms. The first-order valence-electron chi connectivity index (χ1n) is 5.90. The summed E-state index contributed by atoms with van der Waals surface area (Å²) < 4.78 is 24.0. The van der Waals surface area contributed by atoms with Crippen molar-refractivity contribution < 1.29 is 13.9 Å². The van der Waals surface area contributed by atoms with Gasteiger partial charge in [-0.3, -0.25) is 0 Å². The van der Waals surface area contributed by atoms with Gasteiger partial charge in [0.2, 0.25) is 0 Å². The SMILES string of the molecule is COc1cc(CN)cc(-c2cccc(F)c2)c1OC. The van der Waals surface area contributed by atoms with E-state index in [0.29, 0.717) is 18.0 Å². The van der Waals surface area contributed by atoms with Gasteiger partial charge in [0, 0.05) is 12.1 Å². The van der Waals surface area contributed by atoms with E-state index in [1.54, 1.807) is 20.3 Å². The van der Waals surface area contributed by atoms with E-state index in [4.69, 9.17) is 15.2 Å². The molecule has 2 aromatic rings. The van der Waals surface area contributed by atoms with Gasteiger partial charge in [0.25, 0.3) is 0 Å². The fourth-order valence-electron chi connectivity index (χ4n) is 2.01. The van der Waals surface area contributed by atoms with Crippen molar-refractivity contribution in [3.63, 3.8) is 0 Å². The third-order valence-electron chi connectivity index (χ3n) is 2.91. The van der Waals surface area contributed by atoms with E-state index in [0.717, 1.165) is 16.7 Å². The van der Waals surface area contributed by atoms with Gasteiger partial charge < -0.3 is 15.2 Å². The number of methoxy groups -OCH3 is 2. The van der Waals surface area contributed by atoms with Crippen LogP contribution in [0.25, 0.3) is 11.1 Å². The molecular formula is C15H16FNO2. The molecule has 4 heteroatoms. The second-order valence-corrected chi connectivity index (χ2v) is 4.09. The van der Waals surface area contributed by atoms with Crippen molar-refractivity contribution in [1.82, 2.24) is 0 Å². The summed E-state index contributed by atoms with van der Waals surface area (Å²) in [5.74, 6) is 0.867. The fourth-order valence-corrected chi connectivity index (χ4v) is 2.01. The molecule has 0 fully saturated rings. The van der Waals surface area contributed by atoms with E-state index >= 15 is 0 Å². The van der Waals surface area contributed by atoms with Crippen LogP contribution in [-0.2, 0) is 6.54 Å². The molecule has 2 rings (SSSR count). The van der Waals surface area contributed by atoms with Crippen LogP contribution in [0, 0.1) is 5.82 Å². The fraction of sp³-hybridized carbons (Fsp3) is 0.200. The Morgan fingerprint density at radius 2 is 1.89 bits per heavy atom. The third-order valence-corrected chi connectivity index (χ3v) is 2.91. The summed E-state index contributed by atoms with van der Waals surface area (Å²) in [6.07, 6.45) is 0. The molecule has 0 aliphatic carbocycles. The minimum Gasteiger partial charge on any atom is -0.493 e. The quantitative estimate of drug-likeness (QED) is 0.920. The second kappa shape index (κ2) is 5.71. The zero-order valence-electron chi connectivity index (χ0n) is 10.9. The first kappa shape index (κ1) is 13.4. The number of rotatable bonds is 4. The smallest absolute Gasteiger partial charge is 0.168 e. The van der Waals surface area contributed by atoms with Crippen LogP contribution in [0.2, 0.25) is 0 Å². The van der Waals surface area contributed by atoms with Gasteiger partial charge in [-0.05, 0) is 35.4 Å². The monoisotopic (exact) mass is 261 g/mol. The highest BCUT2D eigenvalue weighted by Gasteiger charge is 2.14. The Labute approximate surface area is 111 Å². The Bertz CT molecular complexity index is 584. The van der Waals surface area contributed by atoms with Gasteiger partial charge in [-0.25, -0.2) is 4.39 Å². The van der Waals surface area contributed by atoms with Crippen molar-refractivity contribution in [2.45, 2.75) is 6.54 Å². The molecule has 0 aliphatic heterocycles. The van der Waals surface area contributed by atoms with Crippen molar-refractivity contribution in [3.05, 3.63) is 47.8 Å². The van der Waals surface area contributed by atoms with E-state index in [9.17, 15) is 4.39 Å².